The fourth-order valence-electron chi connectivity index (χ4n) is 1.42. The zero-order valence-corrected chi connectivity index (χ0v) is 9.24. The fourth-order valence-corrected chi connectivity index (χ4v) is 1.42. The molecule has 2 rings (SSSR count). The minimum Gasteiger partial charge on any atom is -0.251 e. The van der Waals surface area contributed by atoms with Gasteiger partial charge in [-0.05, 0) is 18.2 Å². The molecular formula is C12H5F4N3. The first-order valence-corrected chi connectivity index (χ1v) is 5.01. The second-order valence-electron chi connectivity index (χ2n) is 3.61. The Hall–Kier alpha value is -2.49. The highest BCUT2D eigenvalue weighted by Gasteiger charge is 2.32. The lowest BCUT2D eigenvalue weighted by Crippen LogP contribution is -2.07. The number of aromatic nitrogens is 2. The van der Waals surface area contributed by atoms with Gasteiger partial charge in [-0.2, -0.15) is 22.8 Å². The van der Waals surface area contributed by atoms with Crippen molar-refractivity contribution in [2.24, 2.45) is 0 Å². The summed E-state index contributed by atoms with van der Waals surface area (Å²) in [6.45, 7) is 0. The Morgan fingerprint density at radius 1 is 1.16 bits per heavy atom. The Morgan fingerprint density at radius 3 is 2.42 bits per heavy atom. The van der Waals surface area contributed by atoms with Crippen molar-refractivity contribution < 1.29 is 17.6 Å². The summed E-state index contributed by atoms with van der Waals surface area (Å²) in [5.41, 5.74) is -0.766. The molecule has 0 N–H and O–H groups in total. The van der Waals surface area contributed by atoms with Crippen LogP contribution in [0.25, 0.3) is 11.3 Å². The van der Waals surface area contributed by atoms with E-state index in [1.807, 2.05) is 0 Å². The number of rotatable bonds is 1. The van der Waals surface area contributed by atoms with Gasteiger partial charge in [0.1, 0.15) is 5.69 Å². The molecule has 0 saturated heterocycles. The molecule has 0 aromatic carbocycles. The molecule has 0 unspecified atom stereocenters. The number of nitrogens with zero attached hydrogens (tertiary/aromatic N) is 3. The third kappa shape index (κ3) is 2.85. The summed E-state index contributed by atoms with van der Waals surface area (Å²) >= 11 is 0. The molecule has 0 atom stereocenters. The van der Waals surface area contributed by atoms with Crippen LogP contribution in [0, 0.1) is 17.3 Å². The minimum absolute atomic E-state index is 0.0300. The highest BCUT2D eigenvalue weighted by atomic mass is 19.4. The van der Waals surface area contributed by atoms with Gasteiger partial charge < -0.3 is 0 Å². The Kier molecular flexibility index (Phi) is 3.17. The van der Waals surface area contributed by atoms with Crippen LogP contribution in [-0.2, 0) is 6.18 Å². The minimum atomic E-state index is -4.54. The molecular weight excluding hydrogens is 262 g/mol. The zero-order valence-electron chi connectivity index (χ0n) is 9.24. The summed E-state index contributed by atoms with van der Waals surface area (Å²) in [6, 6.07) is 5.83. The molecule has 0 amide bonds. The largest absolute Gasteiger partial charge is 0.433 e. The molecule has 0 spiro atoms. The molecule has 3 nitrogen and oxygen atoms in total. The summed E-state index contributed by atoms with van der Waals surface area (Å²) in [4.78, 5) is 6.75. The van der Waals surface area contributed by atoms with Crippen LogP contribution >= 0.6 is 0 Å². The van der Waals surface area contributed by atoms with Gasteiger partial charge in [0.25, 0.3) is 0 Å². The lowest BCUT2D eigenvalue weighted by molar-refractivity contribution is -0.141. The van der Waals surface area contributed by atoms with Crippen molar-refractivity contribution in [3.8, 4) is 17.3 Å². The Labute approximate surface area is 105 Å². The van der Waals surface area contributed by atoms with E-state index in [-0.39, 0.29) is 16.8 Å². The zero-order chi connectivity index (χ0) is 14.0. The van der Waals surface area contributed by atoms with Crippen LogP contribution < -0.4 is 0 Å². The molecule has 19 heavy (non-hydrogen) atoms. The predicted octanol–water partition coefficient (Wildman–Crippen LogP) is 3.17. The van der Waals surface area contributed by atoms with E-state index >= 15 is 0 Å². The molecule has 0 fully saturated rings. The molecule has 2 aromatic heterocycles. The van der Waals surface area contributed by atoms with Crippen LogP contribution in [0.5, 0.6) is 0 Å². The SMILES string of the molecule is N#Cc1cc(F)nc(-c2ccc(C(F)(F)F)nc2)c1. The third-order valence-electron chi connectivity index (χ3n) is 2.27. The summed E-state index contributed by atoms with van der Waals surface area (Å²) in [5, 5.41) is 8.68. The molecule has 0 aliphatic heterocycles. The van der Waals surface area contributed by atoms with Gasteiger partial charge in [0.15, 0.2) is 0 Å². The first-order valence-electron chi connectivity index (χ1n) is 5.01. The monoisotopic (exact) mass is 267 g/mol. The summed E-state index contributed by atoms with van der Waals surface area (Å²) in [6.07, 6.45) is -3.60. The molecule has 2 heterocycles. The quantitative estimate of drug-likeness (QED) is 0.589. The second kappa shape index (κ2) is 4.65. The average Bonchev–Trinajstić information content (AvgIpc) is 2.37. The number of nitriles is 1. The van der Waals surface area contributed by atoms with Gasteiger partial charge in [0.05, 0.1) is 17.3 Å². The highest BCUT2D eigenvalue weighted by molar-refractivity contribution is 5.59. The maximum atomic E-state index is 13.1. The predicted molar refractivity (Wildman–Crippen MR) is 57.1 cm³/mol. The van der Waals surface area contributed by atoms with Gasteiger partial charge in [-0.25, -0.2) is 4.98 Å². The Balaban J connectivity index is 2.43. The second-order valence-corrected chi connectivity index (χ2v) is 3.61. The first kappa shape index (κ1) is 13.0. The van der Waals surface area contributed by atoms with E-state index < -0.39 is 17.8 Å². The molecule has 0 saturated carbocycles. The van der Waals surface area contributed by atoms with E-state index in [0.29, 0.717) is 0 Å². The van der Waals surface area contributed by atoms with Crippen LogP contribution in [0.15, 0.2) is 30.5 Å². The standard InChI is InChI=1S/C12H5F4N3/c13-11-4-7(5-17)3-9(19-11)8-1-2-10(18-6-8)12(14,15)16/h1-4,6H. The molecule has 2 aromatic rings. The Bertz CT molecular complexity index is 642. The molecule has 0 aliphatic rings. The van der Waals surface area contributed by atoms with Crippen molar-refractivity contribution in [2.75, 3.05) is 0 Å². The molecule has 7 heteroatoms. The van der Waals surface area contributed by atoms with Crippen molar-refractivity contribution in [3.05, 3.63) is 47.7 Å². The molecule has 96 valence electrons. The number of hydrogen-bond acceptors (Lipinski definition) is 3. The highest BCUT2D eigenvalue weighted by Crippen LogP contribution is 2.28. The van der Waals surface area contributed by atoms with Gasteiger partial charge in [-0.3, -0.25) is 4.98 Å². The number of alkyl halides is 3. The first-order chi connectivity index (χ1) is 8.90. The van der Waals surface area contributed by atoms with E-state index in [2.05, 4.69) is 9.97 Å². The Morgan fingerprint density at radius 2 is 1.89 bits per heavy atom. The van der Waals surface area contributed by atoms with E-state index in [9.17, 15) is 17.6 Å². The van der Waals surface area contributed by atoms with Gasteiger partial charge in [0.2, 0.25) is 5.95 Å². The summed E-state index contributed by atoms with van der Waals surface area (Å²) in [7, 11) is 0. The molecule has 0 bridgehead atoms. The van der Waals surface area contributed by atoms with Crippen LogP contribution in [0.1, 0.15) is 11.3 Å². The maximum Gasteiger partial charge on any atom is 0.433 e. The number of pyridine rings is 2. The van der Waals surface area contributed by atoms with E-state index in [4.69, 9.17) is 5.26 Å². The van der Waals surface area contributed by atoms with Gasteiger partial charge >= 0.3 is 6.18 Å². The van der Waals surface area contributed by atoms with Crippen LogP contribution in [0.2, 0.25) is 0 Å². The van der Waals surface area contributed by atoms with Crippen molar-refractivity contribution in [2.45, 2.75) is 6.18 Å². The van der Waals surface area contributed by atoms with E-state index in [1.165, 1.54) is 6.07 Å². The summed E-state index contributed by atoms with van der Waals surface area (Å²) < 4.78 is 50.1. The van der Waals surface area contributed by atoms with Crippen LogP contribution in [0.4, 0.5) is 17.6 Å². The number of hydrogen-bond donors (Lipinski definition) is 0. The maximum absolute atomic E-state index is 13.1. The number of halogens is 4. The van der Waals surface area contributed by atoms with E-state index in [0.717, 1.165) is 24.4 Å². The van der Waals surface area contributed by atoms with Crippen LogP contribution in [-0.4, -0.2) is 9.97 Å². The van der Waals surface area contributed by atoms with Gasteiger partial charge in [-0.15, -0.1) is 0 Å². The topological polar surface area (TPSA) is 49.6 Å². The molecule has 0 radical (unpaired) electrons. The fraction of sp³-hybridized carbons (Fsp3) is 0.0833. The smallest absolute Gasteiger partial charge is 0.251 e. The lowest BCUT2D eigenvalue weighted by Gasteiger charge is -2.06. The van der Waals surface area contributed by atoms with Crippen molar-refractivity contribution in [1.82, 2.24) is 9.97 Å². The summed E-state index contributed by atoms with van der Waals surface area (Å²) in [5.74, 6) is -0.881. The van der Waals surface area contributed by atoms with Gasteiger partial charge in [-0.1, -0.05) is 0 Å². The van der Waals surface area contributed by atoms with Gasteiger partial charge in [0, 0.05) is 17.8 Å². The normalized spacial score (nSPS) is 11.1. The van der Waals surface area contributed by atoms with Crippen molar-refractivity contribution in [3.63, 3.8) is 0 Å². The molecule has 0 aliphatic carbocycles. The van der Waals surface area contributed by atoms with Crippen molar-refractivity contribution in [1.29, 1.82) is 5.26 Å². The average molecular weight is 267 g/mol. The van der Waals surface area contributed by atoms with Crippen LogP contribution in [0.3, 0.4) is 0 Å². The van der Waals surface area contributed by atoms with E-state index in [1.54, 1.807) is 6.07 Å². The lowest BCUT2D eigenvalue weighted by atomic mass is 10.1. The van der Waals surface area contributed by atoms with Crippen molar-refractivity contribution >= 4 is 0 Å². The third-order valence-corrected chi connectivity index (χ3v) is 2.27.